The van der Waals surface area contributed by atoms with Crippen LogP contribution in [0.25, 0.3) is 10.9 Å². The highest BCUT2D eigenvalue weighted by Crippen LogP contribution is 2.09. The monoisotopic (exact) mass is 187 g/mol. The van der Waals surface area contributed by atoms with Gasteiger partial charge in [-0.15, -0.1) is 3.97 Å². The molecule has 0 bridgehead atoms. The second kappa shape index (κ2) is 3.46. The van der Waals surface area contributed by atoms with Crippen molar-refractivity contribution in [2.24, 2.45) is 0 Å². The van der Waals surface area contributed by atoms with E-state index in [0.717, 1.165) is 22.9 Å². The average molecular weight is 187 g/mol. The number of nitriles is 1. The van der Waals surface area contributed by atoms with Gasteiger partial charge in [-0.05, 0) is 12.1 Å². The van der Waals surface area contributed by atoms with Crippen LogP contribution < -0.4 is 3.97 Å². The molecule has 0 saturated heterocycles. The van der Waals surface area contributed by atoms with Crippen molar-refractivity contribution >= 4 is 22.9 Å². The Kier molecular flexibility index (Phi) is 2.15. The topological polar surface area (TPSA) is 27.7 Å². The van der Waals surface area contributed by atoms with E-state index in [1.54, 1.807) is 0 Å². The SMILES string of the molecule is N#CS[n+]1cccc2ccccc21. The third-order valence-electron chi connectivity index (χ3n) is 1.81. The summed E-state index contributed by atoms with van der Waals surface area (Å²) >= 11 is 1.13. The molecule has 2 nitrogen and oxygen atoms in total. The third-order valence-corrected chi connectivity index (χ3v) is 2.41. The minimum absolute atomic E-state index is 1.07. The fraction of sp³-hybridized carbons (Fsp3) is 0. The fourth-order valence-electron chi connectivity index (χ4n) is 1.26. The van der Waals surface area contributed by atoms with Gasteiger partial charge in [-0.2, -0.15) is 5.26 Å². The zero-order valence-electron chi connectivity index (χ0n) is 6.84. The van der Waals surface area contributed by atoms with Gasteiger partial charge in [0, 0.05) is 17.5 Å². The Morgan fingerprint density at radius 2 is 1.92 bits per heavy atom. The van der Waals surface area contributed by atoms with Crippen LogP contribution >= 0.6 is 11.9 Å². The molecule has 1 aromatic carbocycles. The standard InChI is InChI=1S/C10H7N2S/c11-8-13-12-7-3-5-9-4-1-2-6-10(9)12/h1-7H/q+1. The number of para-hydroxylation sites is 1. The summed E-state index contributed by atoms with van der Waals surface area (Å²) in [6.07, 6.45) is 1.89. The van der Waals surface area contributed by atoms with Crippen molar-refractivity contribution < 1.29 is 3.97 Å². The van der Waals surface area contributed by atoms with Crippen molar-refractivity contribution in [3.05, 3.63) is 42.6 Å². The first-order chi connectivity index (χ1) is 6.42. The molecule has 0 radical (unpaired) electrons. The van der Waals surface area contributed by atoms with Gasteiger partial charge in [0.25, 0.3) is 11.9 Å². The molecule has 0 saturated carbocycles. The van der Waals surface area contributed by atoms with Gasteiger partial charge in [-0.25, -0.2) is 0 Å². The highest BCUT2D eigenvalue weighted by Gasteiger charge is 2.07. The van der Waals surface area contributed by atoms with Crippen molar-refractivity contribution in [2.75, 3.05) is 0 Å². The second-order valence-corrected chi connectivity index (χ2v) is 3.33. The molecule has 0 spiro atoms. The normalized spacial score (nSPS) is 9.77. The van der Waals surface area contributed by atoms with E-state index < -0.39 is 0 Å². The minimum Gasteiger partial charge on any atom is -0.179 e. The van der Waals surface area contributed by atoms with Gasteiger partial charge >= 0.3 is 0 Å². The van der Waals surface area contributed by atoms with Gasteiger partial charge in [-0.3, -0.25) is 0 Å². The maximum atomic E-state index is 8.57. The highest BCUT2D eigenvalue weighted by molar-refractivity contribution is 7.97. The zero-order valence-corrected chi connectivity index (χ0v) is 7.66. The van der Waals surface area contributed by atoms with Crippen LogP contribution in [0, 0.1) is 10.7 Å². The van der Waals surface area contributed by atoms with Crippen LogP contribution in [0.3, 0.4) is 0 Å². The molecule has 2 aromatic rings. The number of rotatable bonds is 1. The molecule has 2 rings (SSSR count). The van der Waals surface area contributed by atoms with Crippen molar-refractivity contribution in [3.63, 3.8) is 0 Å². The summed E-state index contributed by atoms with van der Waals surface area (Å²) < 4.78 is 1.86. The van der Waals surface area contributed by atoms with Gasteiger partial charge in [0.2, 0.25) is 10.9 Å². The lowest BCUT2D eigenvalue weighted by atomic mass is 10.2. The Hall–Kier alpha value is -1.53. The molecule has 62 valence electrons. The summed E-state index contributed by atoms with van der Waals surface area (Å²) in [7, 11) is 0. The Balaban J connectivity index is 2.70. The highest BCUT2D eigenvalue weighted by atomic mass is 32.2. The summed E-state index contributed by atoms with van der Waals surface area (Å²) in [5.74, 6) is 0. The van der Waals surface area contributed by atoms with E-state index in [1.807, 2.05) is 46.6 Å². The van der Waals surface area contributed by atoms with Crippen LogP contribution in [0.4, 0.5) is 0 Å². The summed E-state index contributed by atoms with van der Waals surface area (Å²) in [6, 6.07) is 12.0. The first kappa shape index (κ1) is 8.09. The molecule has 0 aliphatic heterocycles. The van der Waals surface area contributed by atoms with E-state index in [0.29, 0.717) is 0 Å². The van der Waals surface area contributed by atoms with Crippen molar-refractivity contribution in [3.8, 4) is 5.40 Å². The molecule has 0 aliphatic rings. The molecule has 0 atom stereocenters. The predicted molar refractivity (Wildman–Crippen MR) is 52.7 cm³/mol. The minimum atomic E-state index is 1.07. The Labute approximate surface area is 80.6 Å². The number of hydrogen-bond acceptors (Lipinski definition) is 2. The Bertz CT molecular complexity index is 468. The van der Waals surface area contributed by atoms with Crippen LogP contribution in [0.15, 0.2) is 42.6 Å². The number of thiocyanates is 1. The van der Waals surface area contributed by atoms with E-state index >= 15 is 0 Å². The lowest BCUT2D eigenvalue weighted by Gasteiger charge is -1.92. The first-order valence-electron chi connectivity index (χ1n) is 3.87. The van der Waals surface area contributed by atoms with E-state index in [9.17, 15) is 0 Å². The number of fused-ring (bicyclic) bond motifs is 1. The molecule has 0 N–H and O–H groups in total. The maximum Gasteiger partial charge on any atom is 0.286 e. The van der Waals surface area contributed by atoms with Gasteiger partial charge in [0.15, 0.2) is 6.20 Å². The van der Waals surface area contributed by atoms with Crippen LogP contribution in [0.5, 0.6) is 0 Å². The van der Waals surface area contributed by atoms with Gasteiger partial charge < -0.3 is 0 Å². The van der Waals surface area contributed by atoms with Crippen LogP contribution in [0.1, 0.15) is 0 Å². The molecule has 0 amide bonds. The summed E-state index contributed by atoms with van der Waals surface area (Å²) in [6.45, 7) is 0. The molecule has 0 aliphatic carbocycles. The number of aromatic nitrogens is 1. The number of hydrogen-bond donors (Lipinski definition) is 0. The lowest BCUT2D eigenvalue weighted by Crippen LogP contribution is -2.23. The van der Waals surface area contributed by atoms with Crippen LogP contribution in [0.2, 0.25) is 0 Å². The number of nitrogens with zero attached hydrogens (tertiary/aromatic N) is 2. The summed E-state index contributed by atoms with van der Waals surface area (Å²) in [4.78, 5) is 0. The first-order valence-corrected chi connectivity index (χ1v) is 4.65. The molecule has 3 heteroatoms. The smallest absolute Gasteiger partial charge is 0.179 e. The zero-order chi connectivity index (χ0) is 9.10. The van der Waals surface area contributed by atoms with Crippen molar-refractivity contribution in [1.82, 2.24) is 0 Å². The van der Waals surface area contributed by atoms with Crippen LogP contribution in [-0.4, -0.2) is 0 Å². The number of pyridine rings is 1. The van der Waals surface area contributed by atoms with Crippen LogP contribution in [-0.2, 0) is 0 Å². The second-order valence-electron chi connectivity index (χ2n) is 2.58. The molecule has 0 unspecified atom stereocenters. The molecular formula is C10H7N2S+. The average Bonchev–Trinajstić information content (AvgIpc) is 2.19. The fourth-order valence-corrected chi connectivity index (χ4v) is 1.74. The van der Waals surface area contributed by atoms with Gasteiger partial charge in [0.1, 0.15) is 0 Å². The quantitative estimate of drug-likeness (QED) is 0.505. The third kappa shape index (κ3) is 1.49. The van der Waals surface area contributed by atoms with Crippen molar-refractivity contribution in [2.45, 2.75) is 0 Å². The maximum absolute atomic E-state index is 8.57. The molecule has 1 heterocycles. The van der Waals surface area contributed by atoms with Crippen molar-refractivity contribution in [1.29, 1.82) is 5.26 Å². The van der Waals surface area contributed by atoms with E-state index in [2.05, 4.69) is 5.40 Å². The molecule has 1 aromatic heterocycles. The van der Waals surface area contributed by atoms with Gasteiger partial charge in [-0.1, -0.05) is 12.1 Å². The Morgan fingerprint density at radius 3 is 2.77 bits per heavy atom. The largest absolute Gasteiger partial charge is 0.286 e. The molecule has 13 heavy (non-hydrogen) atoms. The predicted octanol–water partition coefficient (Wildman–Crippen LogP) is 2.10. The lowest BCUT2D eigenvalue weighted by molar-refractivity contribution is -0.461. The van der Waals surface area contributed by atoms with Gasteiger partial charge in [0.05, 0.1) is 0 Å². The summed E-state index contributed by atoms with van der Waals surface area (Å²) in [5.41, 5.74) is 1.07. The van der Waals surface area contributed by atoms with E-state index in [4.69, 9.17) is 5.26 Å². The van der Waals surface area contributed by atoms with E-state index in [1.165, 1.54) is 0 Å². The van der Waals surface area contributed by atoms with E-state index in [-0.39, 0.29) is 0 Å². The summed E-state index contributed by atoms with van der Waals surface area (Å²) in [5, 5.41) is 11.8. The number of benzene rings is 1. The Morgan fingerprint density at radius 1 is 1.15 bits per heavy atom. The molecule has 0 fully saturated rings. The molecular weight excluding hydrogens is 180 g/mol.